The lowest BCUT2D eigenvalue weighted by Gasteiger charge is -2.08. The lowest BCUT2D eigenvalue weighted by Crippen LogP contribution is -2.28. The van der Waals surface area contributed by atoms with Gasteiger partial charge in [-0.3, -0.25) is 4.79 Å². The molecule has 0 spiro atoms. The normalized spacial score (nSPS) is 10.2. The fourth-order valence-corrected chi connectivity index (χ4v) is 2.10. The predicted molar refractivity (Wildman–Crippen MR) is 87.8 cm³/mol. The number of nitrogens with two attached hydrogens (primary N) is 1. The fraction of sp³-hybridized carbons (Fsp3) is 0.133. The van der Waals surface area contributed by atoms with Gasteiger partial charge in [0.1, 0.15) is 12.4 Å². The number of anilines is 1. The third-order valence-electron chi connectivity index (χ3n) is 2.70. The number of halogens is 2. The zero-order valence-corrected chi connectivity index (χ0v) is 13.4. The summed E-state index contributed by atoms with van der Waals surface area (Å²) in [6.45, 7) is 0.751. The zero-order valence-electron chi connectivity index (χ0n) is 11.1. The number of nitrogens with one attached hydrogen (secondary N) is 1. The van der Waals surface area contributed by atoms with Crippen LogP contribution in [0.4, 0.5) is 5.69 Å². The molecule has 0 atom stereocenters. The van der Waals surface area contributed by atoms with Crippen molar-refractivity contribution in [3.05, 3.63) is 57.5 Å². The van der Waals surface area contributed by atoms with E-state index in [9.17, 15) is 4.79 Å². The average molecular weight is 370 g/mol. The first-order valence-electron chi connectivity index (χ1n) is 6.28. The van der Waals surface area contributed by atoms with Gasteiger partial charge in [0, 0.05) is 21.8 Å². The molecule has 2 aromatic rings. The number of benzene rings is 2. The molecule has 0 aliphatic heterocycles. The highest BCUT2D eigenvalue weighted by Crippen LogP contribution is 2.23. The molecule has 0 aliphatic rings. The Morgan fingerprint density at radius 2 is 2.10 bits per heavy atom. The minimum Gasteiger partial charge on any atom is -0.492 e. The standard InChI is InChI=1S/C15H14BrClN2O2/c16-13-5-4-10(8-14(13)17)15(20)19-6-7-21-12-3-1-2-11(18)9-12/h1-5,8-9H,6-7,18H2,(H,19,20). The van der Waals surface area contributed by atoms with Crippen LogP contribution in [0.2, 0.25) is 5.02 Å². The first-order chi connectivity index (χ1) is 10.1. The SMILES string of the molecule is Nc1cccc(OCCNC(=O)c2ccc(Br)c(Cl)c2)c1. The van der Waals surface area contributed by atoms with Crippen LogP contribution in [0.15, 0.2) is 46.9 Å². The number of rotatable bonds is 5. The molecule has 0 bridgehead atoms. The Balaban J connectivity index is 1.80. The summed E-state index contributed by atoms with van der Waals surface area (Å²) in [5.74, 6) is 0.483. The summed E-state index contributed by atoms with van der Waals surface area (Å²) >= 11 is 9.23. The maximum atomic E-state index is 11.9. The molecule has 4 nitrogen and oxygen atoms in total. The number of hydrogen-bond donors (Lipinski definition) is 2. The summed E-state index contributed by atoms with van der Waals surface area (Å²) < 4.78 is 6.24. The molecule has 0 fully saturated rings. The molecule has 6 heteroatoms. The van der Waals surface area contributed by atoms with E-state index in [2.05, 4.69) is 21.2 Å². The lowest BCUT2D eigenvalue weighted by atomic mass is 10.2. The minimum absolute atomic E-state index is 0.194. The largest absolute Gasteiger partial charge is 0.492 e. The van der Waals surface area contributed by atoms with Crippen molar-refractivity contribution in [1.29, 1.82) is 0 Å². The predicted octanol–water partition coefficient (Wildman–Crippen LogP) is 3.49. The van der Waals surface area contributed by atoms with Gasteiger partial charge in [0.05, 0.1) is 11.6 Å². The number of nitrogen functional groups attached to an aromatic ring is 1. The Bertz CT molecular complexity index is 649. The third kappa shape index (κ3) is 4.65. The summed E-state index contributed by atoms with van der Waals surface area (Å²) in [5.41, 5.74) is 6.79. The molecule has 0 saturated carbocycles. The van der Waals surface area contributed by atoms with Gasteiger partial charge in [-0.2, -0.15) is 0 Å². The summed E-state index contributed by atoms with van der Waals surface area (Å²) in [7, 11) is 0. The molecule has 2 aromatic carbocycles. The quantitative estimate of drug-likeness (QED) is 0.626. The van der Waals surface area contributed by atoms with Crippen LogP contribution >= 0.6 is 27.5 Å². The average Bonchev–Trinajstić information content (AvgIpc) is 2.46. The van der Waals surface area contributed by atoms with Gasteiger partial charge in [-0.1, -0.05) is 17.7 Å². The van der Waals surface area contributed by atoms with Gasteiger partial charge < -0.3 is 15.8 Å². The molecule has 0 unspecified atom stereocenters. The third-order valence-corrected chi connectivity index (χ3v) is 3.93. The van der Waals surface area contributed by atoms with Gasteiger partial charge in [0.2, 0.25) is 0 Å². The van der Waals surface area contributed by atoms with Crippen LogP contribution in [0.25, 0.3) is 0 Å². The molecule has 0 heterocycles. The number of carbonyl (C=O) groups excluding carboxylic acids is 1. The second kappa shape index (κ2) is 7.33. The maximum absolute atomic E-state index is 11.9. The van der Waals surface area contributed by atoms with E-state index < -0.39 is 0 Å². The molecule has 110 valence electrons. The van der Waals surface area contributed by atoms with Crippen LogP contribution in [-0.4, -0.2) is 19.1 Å². The second-order valence-electron chi connectivity index (χ2n) is 4.31. The van der Waals surface area contributed by atoms with Crippen molar-refractivity contribution in [2.75, 3.05) is 18.9 Å². The Hall–Kier alpha value is -1.72. The van der Waals surface area contributed by atoms with Crippen molar-refractivity contribution in [1.82, 2.24) is 5.32 Å². The molecular formula is C15H14BrClN2O2. The van der Waals surface area contributed by atoms with Gasteiger partial charge >= 0.3 is 0 Å². The molecule has 0 aliphatic carbocycles. The van der Waals surface area contributed by atoms with E-state index in [1.54, 1.807) is 30.3 Å². The Morgan fingerprint density at radius 3 is 2.81 bits per heavy atom. The minimum atomic E-state index is -0.194. The van der Waals surface area contributed by atoms with Gasteiger partial charge in [0.15, 0.2) is 0 Å². The molecule has 21 heavy (non-hydrogen) atoms. The molecule has 0 aromatic heterocycles. The van der Waals surface area contributed by atoms with Crippen molar-refractivity contribution in [2.24, 2.45) is 0 Å². The number of ether oxygens (including phenoxy) is 1. The van der Waals surface area contributed by atoms with Gasteiger partial charge in [-0.05, 0) is 46.3 Å². The smallest absolute Gasteiger partial charge is 0.251 e. The van der Waals surface area contributed by atoms with E-state index in [-0.39, 0.29) is 5.91 Å². The van der Waals surface area contributed by atoms with Crippen LogP contribution in [0, 0.1) is 0 Å². The number of hydrogen-bond acceptors (Lipinski definition) is 3. The van der Waals surface area contributed by atoms with Crippen LogP contribution in [0.1, 0.15) is 10.4 Å². The highest BCUT2D eigenvalue weighted by atomic mass is 79.9. The fourth-order valence-electron chi connectivity index (χ4n) is 1.68. The molecule has 3 N–H and O–H groups in total. The molecule has 1 amide bonds. The molecule has 2 rings (SSSR count). The Kier molecular flexibility index (Phi) is 5.47. The van der Waals surface area contributed by atoms with Crippen LogP contribution in [0.5, 0.6) is 5.75 Å². The van der Waals surface area contributed by atoms with Crippen molar-refractivity contribution < 1.29 is 9.53 Å². The van der Waals surface area contributed by atoms with Crippen molar-refractivity contribution >= 4 is 39.1 Å². The first-order valence-corrected chi connectivity index (χ1v) is 7.45. The Labute approximate surface area is 136 Å². The summed E-state index contributed by atoms with van der Waals surface area (Å²) in [6.07, 6.45) is 0. The topological polar surface area (TPSA) is 64.3 Å². The van der Waals surface area contributed by atoms with Crippen molar-refractivity contribution in [2.45, 2.75) is 0 Å². The summed E-state index contributed by atoms with van der Waals surface area (Å²) in [6, 6.07) is 12.2. The molecule has 0 radical (unpaired) electrons. The van der Waals surface area contributed by atoms with E-state index >= 15 is 0 Å². The maximum Gasteiger partial charge on any atom is 0.251 e. The first kappa shape index (κ1) is 15.7. The lowest BCUT2D eigenvalue weighted by molar-refractivity contribution is 0.0947. The van der Waals surface area contributed by atoms with Crippen LogP contribution in [-0.2, 0) is 0 Å². The highest BCUT2D eigenvalue weighted by Gasteiger charge is 2.07. The van der Waals surface area contributed by atoms with Crippen LogP contribution < -0.4 is 15.8 Å². The summed E-state index contributed by atoms with van der Waals surface area (Å²) in [5, 5.41) is 3.26. The van der Waals surface area contributed by atoms with Gasteiger partial charge in [-0.15, -0.1) is 0 Å². The van der Waals surface area contributed by atoms with E-state index in [1.807, 2.05) is 12.1 Å². The summed E-state index contributed by atoms with van der Waals surface area (Å²) in [4.78, 5) is 11.9. The monoisotopic (exact) mass is 368 g/mol. The number of carbonyl (C=O) groups is 1. The van der Waals surface area contributed by atoms with Gasteiger partial charge in [0.25, 0.3) is 5.91 Å². The second-order valence-corrected chi connectivity index (χ2v) is 5.57. The van der Waals surface area contributed by atoms with E-state index in [1.165, 1.54) is 0 Å². The van der Waals surface area contributed by atoms with E-state index in [0.29, 0.717) is 35.2 Å². The molecular weight excluding hydrogens is 356 g/mol. The van der Waals surface area contributed by atoms with Crippen LogP contribution in [0.3, 0.4) is 0 Å². The van der Waals surface area contributed by atoms with Crippen molar-refractivity contribution in [3.63, 3.8) is 0 Å². The van der Waals surface area contributed by atoms with Crippen molar-refractivity contribution in [3.8, 4) is 5.75 Å². The zero-order chi connectivity index (χ0) is 15.2. The Morgan fingerprint density at radius 1 is 1.29 bits per heavy atom. The van der Waals surface area contributed by atoms with E-state index in [0.717, 1.165) is 4.47 Å². The molecule has 0 saturated heterocycles. The number of amides is 1. The van der Waals surface area contributed by atoms with E-state index in [4.69, 9.17) is 22.1 Å². The van der Waals surface area contributed by atoms with Gasteiger partial charge in [-0.25, -0.2) is 0 Å². The highest BCUT2D eigenvalue weighted by molar-refractivity contribution is 9.10.